The predicted octanol–water partition coefficient (Wildman–Crippen LogP) is 1.40. The molecule has 0 radical (unpaired) electrons. The number of imidazole rings is 2. The van der Waals surface area contributed by atoms with Gasteiger partial charge in [0.15, 0.2) is 47.7 Å². The second-order valence-corrected chi connectivity index (χ2v) is 17.2. The lowest BCUT2D eigenvalue weighted by Gasteiger charge is -2.30. The molecular formula is C21H25F2N11O6P2S2. The van der Waals surface area contributed by atoms with Crippen molar-refractivity contribution < 1.29 is 36.8 Å². The van der Waals surface area contributed by atoms with Crippen LogP contribution in [0.15, 0.2) is 25.3 Å². The maximum Gasteiger partial charge on any atom is 0.259 e. The van der Waals surface area contributed by atoms with E-state index >= 15 is 8.78 Å². The van der Waals surface area contributed by atoms with E-state index in [1.165, 1.54) is 34.4 Å². The second kappa shape index (κ2) is 11.1. The topological polar surface area (TPSA) is 225 Å². The average Bonchev–Trinajstić information content (AvgIpc) is 3.73. The number of nitrogen functional groups attached to an aromatic ring is 2. The van der Waals surface area contributed by atoms with E-state index in [0.717, 1.165) is 0 Å². The first kappa shape index (κ1) is 30.2. The zero-order chi connectivity index (χ0) is 31.0. The Morgan fingerprint density at radius 3 is 2.00 bits per heavy atom. The zero-order valence-corrected chi connectivity index (χ0v) is 25.8. The first-order chi connectivity index (χ1) is 20.9. The Labute approximate surface area is 256 Å². The van der Waals surface area contributed by atoms with E-state index in [1.54, 1.807) is 0 Å². The molecule has 0 saturated carbocycles. The fourth-order valence-corrected chi connectivity index (χ4v) is 9.12. The van der Waals surface area contributed by atoms with Gasteiger partial charge in [-0.15, -0.1) is 0 Å². The average molecular weight is 692 g/mol. The number of hydrogen-bond acceptors (Lipinski definition) is 14. The number of halogens is 2. The first-order valence-electron chi connectivity index (χ1n) is 13.1. The molecule has 7 rings (SSSR count). The van der Waals surface area contributed by atoms with Gasteiger partial charge < -0.3 is 34.9 Å². The fraction of sp³-hybridized carbons (Fsp3) is 0.524. The molecule has 23 heteroatoms. The van der Waals surface area contributed by atoms with Crippen LogP contribution in [0.5, 0.6) is 0 Å². The number of alkyl halides is 2. The van der Waals surface area contributed by atoms with Crippen LogP contribution in [0, 0.1) is 0 Å². The summed E-state index contributed by atoms with van der Waals surface area (Å²) in [6.45, 7) is -8.10. The summed E-state index contributed by atoms with van der Waals surface area (Å²) in [6, 6.07) is 0. The van der Waals surface area contributed by atoms with Crippen LogP contribution in [0.25, 0.3) is 22.3 Å². The van der Waals surface area contributed by atoms with E-state index in [2.05, 4.69) is 47.2 Å². The van der Waals surface area contributed by atoms with E-state index in [1.807, 2.05) is 0 Å². The number of hydrogen-bond donors (Lipinski definition) is 5. The smallest absolute Gasteiger partial charge is 0.259 e. The second-order valence-electron chi connectivity index (χ2n) is 10.4. The number of thiol groups is 1. The molecule has 3 aliphatic rings. The Morgan fingerprint density at radius 2 is 1.43 bits per heavy atom. The van der Waals surface area contributed by atoms with Crippen molar-refractivity contribution in [2.75, 3.05) is 24.2 Å². The largest absolute Gasteiger partial charge is 0.382 e. The first-order valence-corrected chi connectivity index (χ1v) is 18.8. The highest BCUT2D eigenvalue weighted by Crippen LogP contribution is 2.58. The van der Waals surface area contributed by atoms with Crippen molar-refractivity contribution >= 4 is 71.2 Å². The predicted molar refractivity (Wildman–Crippen MR) is 157 cm³/mol. The number of fused-ring (bicyclic) bond motifs is 4. The van der Waals surface area contributed by atoms with Gasteiger partial charge in [0.1, 0.15) is 42.0 Å². The molecule has 4 aromatic heterocycles. The lowest BCUT2D eigenvalue weighted by Crippen LogP contribution is -2.39. The highest BCUT2D eigenvalue weighted by Gasteiger charge is 2.53. The number of anilines is 2. The van der Waals surface area contributed by atoms with Gasteiger partial charge in [0.05, 0.1) is 18.8 Å². The van der Waals surface area contributed by atoms with Crippen LogP contribution in [-0.4, -0.2) is 93.4 Å². The molecule has 17 nitrogen and oxygen atoms in total. The third-order valence-electron chi connectivity index (χ3n) is 7.60. The van der Waals surface area contributed by atoms with Crippen LogP contribution in [0.4, 0.5) is 20.4 Å². The number of nitrogens with one attached hydrogen (secondary N) is 1. The van der Waals surface area contributed by atoms with Crippen LogP contribution in [0.2, 0.25) is 0 Å². The molecule has 10 atom stereocenters. The summed E-state index contributed by atoms with van der Waals surface area (Å²) in [7, 11) is 0. The Balaban J connectivity index is 1.17. The van der Waals surface area contributed by atoms with Gasteiger partial charge >= 0.3 is 0 Å². The van der Waals surface area contributed by atoms with Crippen molar-refractivity contribution in [3.05, 3.63) is 25.3 Å². The van der Waals surface area contributed by atoms with Crippen LogP contribution >= 0.6 is 25.5 Å². The molecule has 4 unspecified atom stereocenters. The quantitative estimate of drug-likeness (QED) is 0.148. The Morgan fingerprint density at radius 1 is 0.909 bits per heavy atom. The van der Waals surface area contributed by atoms with Crippen molar-refractivity contribution in [3.63, 3.8) is 0 Å². The Kier molecular flexibility index (Phi) is 7.63. The molecule has 3 fully saturated rings. The zero-order valence-electron chi connectivity index (χ0n) is 22.3. The van der Waals surface area contributed by atoms with Crippen molar-refractivity contribution in [1.29, 1.82) is 0 Å². The summed E-state index contributed by atoms with van der Waals surface area (Å²) in [4.78, 5) is 35.4. The van der Waals surface area contributed by atoms with Crippen LogP contribution in [0.1, 0.15) is 18.9 Å². The minimum atomic E-state index is -3.94. The molecule has 3 saturated heterocycles. The van der Waals surface area contributed by atoms with Crippen LogP contribution < -0.4 is 16.6 Å². The van der Waals surface area contributed by atoms with E-state index < -0.39 is 62.4 Å². The molecule has 0 aliphatic carbocycles. The number of nitrogens with zero attached hydrogens (tertiary/aromatic N) is 8. The molecule has 0 aromatic carbocycles. The number of aromatic nitrogens is 8. The van der Waals surface area contributed by atoms with E-state index in [4.69, 9.17) is 41.8 Å². The standard InChI is InChI=1S/C21H25F2N11O6P2S2/c22-10-14-8(37-20(10)33-6-30-12-16(24)26-4-28-18(12)33)1-2-41(35,43)39-15-9(3-32-42(36,44)40-14)38-21(11(15)23)34-7-31-13-17(25)27-5-29-19(13)34/h4-11,14-15,20-21H,1-3H2,(H,35,43)(H2,24,26,28)(H2,25,27,29)(H2,32,36,44)/t8-,9-,10+,11?,14?,15+,20-,21-,41?,42?/m1/s1. The van der Waals surface area contributed by atoms with E-state index in [0.29, 0.717) is 0 Å². The van der Waals surface area contributed by atoms with E-state index in [9.17, 15) is 9.46 Å². The third kappa shape index (κ3) is 5.28. The van der Waals surface area contributed by atoms with E-state index in [-0.39, 0.29) is 53.1 Å². The minimum absolute atomic E-state index is 0.0874. The highest BCUT2D eigenvalue weighted by molar-refractivity contribution is 8.46. The molecule has 4 aromatic rings. The Hall–Kier alpha value is -2.45. The molecular weight excluding hydrogens is 666 g/mol. The maximum absolute atomic E-state index is 16.0. The summed E-state index contributed by atoms with van der Waals surface area (Å²) < 4.78 is 71.8. The van der Waals surface area contributed by atoms with Crippen molar-refractivity contribution in [2.45, 2.75) is 55.6 Å². The normalized spacial score (nSPS) is 38.3. The summed E-state index contributed by atoms with van der Waals surface area (Å²) >= 11 is 9.55. The molecule has 0 spiro atoms. The molecule has 236 valence electrons. The molecule has 3 aliphatic heterocycles. The lowest BCUT2D eigenvalue weighted by molar-refractivity contribution is -0.0240. The lowest BCUT2D eigenvalue weighted by atomic mass is 10.1. The van der Waals surface area contributed by atoms with Gasteiger partial charge in [-0.3, -0.25) is 13.7 Å². The van der Waals surface area contributed by atoms with Gasteiger partial charge in [-0.2, -0.15) is 0 Å². The molecule has 6 N–H and O–H groups in total. The fourth-order valence-electron chi connectivity index (χ4n) is 5.54. The SMILES string of the molecule is Nc1ncnc2c1ncn2[C@@H]1O[C@@H]2CNP(O)(=S)OC3[C@@H](CCP(=O)(S)O[C@@H]2C1F)O[C@@H](n1cnc2c(N)ncnc21)[C@H]3F. The maximum atomic E-state index is 16.0. The summed E-state index contributed by atoms with van der Waals surface area (Å²) in [6.07, 6.45) is -6.86. The monoisotopic (exact) mass is 691 g/mol. The highest BCUT2D eigenvalue weighted by atomic mass is 32.7. The van der Waals surface area contributed by atoms with Crippen LogP contribution in [0.3, 0.4) is 0 Å². The van der Waals surface area contributed by atoms with Gasteiger partial charge in [0.25, 0.3) is 13.2 Å². The van der Waals surface area contributed by atoms with Gasteiger partial charge in [-0.25, -0.2) is 43.8 Å². The third-order valence-corrected chi connectivity index (χ3v) is 11.6. The summed E-state index contributed by atoms with van der Waals surface area (Å²) in [5.74, 6) is 0.178. The molecule has 0 amide bonds. The number of ether oxygens (including phenoxy) is 2. The van der Waals surface area contributed by atoms with Gasteiger partial charge in [0.2, 0.25) is 0 Å². The van der Waals surface area contributed by atoms with Crippen molar-refractivity contribution in [2.24, 2.45) is 0 Å². The molecule has 7 heterocycles. The van der Waals surface area contributed by atoms with Crippen molar-refractivity contribution in [1.82, 2.24) is 44.1 Å². The van der Waals surface area contributed by atoms with Gasteiger partial charge in [0, 0.05) is 12.7 Å². The van der Waals surface area contributed by atoms with Gasteiger partial charge in [-0.05, 0) is 18.2 Å². The number of rotatable bonds is 2. The summed E-state index contributed by atoms with van der Waals surface area (Å²) in [5.41, 5.74) is 12.6. The van der Waals surface area contributed by atoms with Crippen molar-refractivity contribution in [3.8, 4) is 0 Å². The molecule has 44 heavy (non-hydrogen) atoms. The summed E-state index contributed by atoms with van der Waals surface area (Å²) in [5, 5.41) is 2.65. The molecule has 0 bridgehead atoms. The minimum Gasteiger partial charge on any atom is -0.382 e. The number of nitrogens with two attached hydrogens (primary N) is 2. The van der Waals surface area contributed by atoms with Gasteiger partial charge in [-0.1, -0.05) is 12.2 Å². The van der Waals surface area contributed by atoms with Crippen LogP contribution in [-0.2, 0) is 34.9 Å². The Bertz CT molecular complexity index is 1710.